The monoisotopic (exact) mass is 394 g/mol. The molecule has 0 radical (unpaired) electrons. The zero-order valence-corrected chi connectivity index (χ0v) is 16.4. The van der Waals surface area contributed by atoms with Gasteiger partial charge in [0.05, 0.1) is 25.3 Å². The van der Waals surface area contributed by atoms with E-state index in [0.29, 0.717) is 17.0 Å². The quantitative estimate of drug-likeness (QED) is 0.791. The van der Waals surface area contributed by atoms with Crippen molar-refractivity contribution in [3.05, 3.63) is 46.8 Å². The number of rotatable bonds is 4. The molecule has 7 nitrogen and oxygen atoms in total. The Morgan fingerprint density at radius 1 is 1.32 bits per heavy atom. The minimum atomic E-state index is -2.57. The van der Waals surface area contributed by atoms with Gasteiger partial charge in [0.25, 0.3) is 6.43 Å². The number of hydrogen-bond donors (Lipinski definition) is 0. The molecule has 0 N–H and O–H groups in total. The van der Waals surface area contributed by atoms with Gasteiger partial charge in [0.15, 0.2) is 0 Å². The lowest BCUT2D eigenvalue weighted by Gasteiger charge is -2.33. The summed E-state index contributed by atoms with van der Waals surface area (Å²) in [6.45, 7) is 6.03. The summed E-state index contributed by atoms with van der Waals surface area (Å²) in [7, 11) is 1.53. The second-order valence-electron chi connectivity index (χ2n) is 7.66. The fraction of sp³-hybridized carbons (Fsp3) is 0.526. The summed E-state index contributed by atoms with van der Waals surface area (Å²) in [5.74, 6) is 0. The van der Waals surface area contributed by atoms with E-state index in [1.807, 2.05) is 0 Å². The van der Waals surface area contributed by atoms with Gasteiger partial charge >= 0.3 is 6.09 Å². The van der Waals surface area contributed by atoms with Crippen molar-refractivity contribution in [3.63, 3.8) is 0 Å². The van der Waals surface area contributed by atoms with Crippen LogP contribution >= 0.6 is 0 Å². The largest absolute Gasteiger partial charge is 0.444 e. The lowest BCUT2D eigenvalue weighted by molar-refractivity contribution is -0.00210. The van der Waals surface area contributed by atoms with Crippen LogP contribution < -0.4 is 0 Å². The second kappa shape index (κ2) is 7.83. The first-order valence-electron chi connectivity index (χ1n) is 8.98. The summed E-state index contributed by atoms with van der Waals surface area (Å²) in [4.78, 5) is 13.9. The molecule has 2 heterocycles. The van der Waals surface area contributed by atoms with Gasteiger partial charge in [-0.1, -0.05) is 29.5 Å². The Morgan fingerprint density at radius 3 is 2.68 bits per heavy atom. The molecule has 0 saturated carbocycles. The maximum Gasteiger partial charge on any atom is 0.410 e. The number of halogens is 2. The number of benzene rings is 1. The topological polar surface area (TPSA) is 69.5 Å². The predicted molar refractivity (Wildman–Crippen MR) is 96.9 cm³/mol. The van der Waals surface area contributed by atoms with Gasteiger partial charge < -0.3 is 9.47 Å². The van der Waals surface area contributed by atoms with Gasteiger partial charge in [0.1, 0.15) is 17.4 Å². The van der Waals surface area contributed by atoms with Crippen LogP contribution in [0.15, 0.2) is 24.3 Å². The zero-order chi connectivity index (χ0) is 20.5. The summed E-state index contributed by atoms with van der Waals surface area (Å²) < 4.78 is 39.1. The molecule has 1 aromatic carbocycles. The smallest absolute Gasteiger partial charge is 0.410 e. The average molecular weight is 394 g/mol. The molecule has 1 aromatic heterocycles. The molecular formula is C19H24F2N4O3. The molecule has 0 saturated heterocycles. The van der Waals surface area contributed by atoms with E-state index < -0.39 is 24.2 Å². The molecule has 1 atom stereocenters. The maximum absolute atomic E-state index is 13.3. The molecule has 1 aliphatic heterocycles. The molecular weight excluding hydrogens is 370 g/mol. The van der Waals surface area contributed by atoms with Crippen LogP contribution in [0, 0.1) is 0 Å². The maximum atomic E-state index is 13.3. The van der Waals surface area contributed by atoms with Crippen molar-refractivity contribution >= 4 is 6.09 Å². The first kappa shape index (κ1) is 20.2. The normalized spacial score (nSPS) is 17.0. The van der Waals surface area contributed by atoms with Gasteiger partial charge in [-0.15, -0.1) is 5.10 Å². The Hall–Kier alpha value is -2.55. The highest BCUT2D eigenvalue weighted by Crippen LogP contribution is 2.30. The molecule has 28 heavy (non-hydrogen) atoms. The molecule has 1 unspecified atom stereocenters. The number of hydrogen-bond acceptors (Lipinski definition) is 5. The Kier molecular flexibility index (Phi) is 5.64. The second-order valence-corrected chi connectivity index (χ2v) is 7.66. The lowest BCUT2D eigenvalue weighted by Crippen LogP contribution is -2.42. The highest BCUT2D eigenvalue weighted by molar-refractivity contribution is 5.68. The number of carbonyl (C=O) groups is 1. The summed E-state index contributed by atoms with van der Waals surface area (Å²) in [6.07, 6.45) is -3.51. The number of aromatic nitrogens is 3. The van der Waals surface area contributed by atoms with Gasteiger partial charge in [0, 0.05) is 12.7 Å². The van der Waals surface area contributed by atoms with E-state index in [0.717, 1.165) is 0 Å². The van der Waals surface area contributed by atoms with Crippen molar-refractivity contribution in [1.29, 1.82) is 0 Å². The Bertz CT molecular complexity index is 848. The van der Waals surface area contributed by atoms with Crippen LogP contribution in [0.25, 0.3) is 0 Å². The molecule has 0 fully saturated rings. The minimum absolute atomic E-state index is 0.0353. The SMILES string of the molecule is COC1CN(C(=O)OC(C)(C)C)Cc2nnn(Cc3ccccc3C(F)F)c21. The Labute approximate surface area is 162 Å². The van der Waals surface area contributed by atoms with E-state index >= 15 is 0 Å². The van der Waals surface area contributed by atoms with Gasteiger partial charge in [-0.2, -0.15) is 0 Å². The van der Waals surface area contributed by atoms with E-state index in [4.69, 9.17) is 9.47 Å². The van der Waals surface area contributed by atoms with E-state index in [-0.39, 0.29) is 25.2 Å². The molecule has 1 aliphatic rings. The van der Waals surface area contributed by atoms with E-state index in [2.05, 4.69) is 10.3 Å². The van der Waals surface area contributed by atoms with Crippen LogP contribution in [-0.2, 0) is 22.6 Å². The minimum Gasteiger partial charge on any atom is -0.444 e. The summed E-state index contributed by atoms with van der Waals surface area (Å²) in [5.41, 5.74) is 1.07. The molecule has 1 amide bonds. The number of methoxy groups -OCH3 is 1. The summed E-state index contributed by atoms with van der Waals surface area (Å²) in [6, 6.07) is 6.34. The van der Waals surface area contributed by atoms with Crippen LogP contribution in [0.4, 0.5) is 13.6 Å². The predicted octanol–water partition coefficient (Wildman–Crippen LogP) is 3.70. The molecule has 0 bridgehead atoms. The van der Waals surface area contributed by atoms with Crippen LogP contribution in [-0.4, -0.2) is 45.2 Å². The molecule has 3 rings (SSSR count). The Morgan fingerprint density at radius 2 is 2.04 bits per heavy atom. The van der Waals surface area contributed by atoms with Gasteiger partial charge in [0.2, 0.25) is 0 Å². The number of carbonyl (C=O) groups excluding carboxylic acids is 1. The number of nitrogens with zero attached hydrogens (tertiary/aromatic N) is 4. The van der Waals surface area contributed by atoms with Crippen molar-refractivity contribution in [2.75, 3.05) is 13.7 Å². The molecule has 152 valence electrons. The summed E-state index contributed by atoms with van der Waals surface area (Å²) in [5, 5.41) is 8.27. The average Bonchev–Trinajstić information content (AvgIpc) is 3.02. The fourth-order valence-electron chi connectivity index (χ4n) is 3.17. The zero-order valence-electron chi connectivity index (χ0n) is 16.4. The van der Waals surface area contributed by atoms with Crippen molar-refractivity contribution in [3.8, 4) is 0 Å². The number of amides is 1. The first-order valence-corrected chi connectivity index (χ1v) is 8.98. The third kappa shape index (κ3) is 4.30. The van der Waals surface area contributed by atoms with E-state index in [1.165, 1.54) is 18.1 Å². The number of alkyl halides is 2. The molecule has 0 aliphatic carbocycles. The first-order chi connectivity index (χ1) is 13.2. The van der Waals surface area contributed by atoms with Crippen LogP contribution in [0.1, 0.15) is 55.8 Å². The van der Waals surface area contributed by atoms with Gasteiger partial charge in [-0.05, 0) is 26.3 Å². The number of fused-ring (bicyclic) bond motifs is 1. The van der Waals surface area contributed by atoms with Crippen LogP contribution in [0.2, 0.25) is 0 Å². The standard InChI is InChI=1S/C19H24F2N4O3/c1-19(2,3)28-18(26)24-10-14-16(15(11-24)27-4)25(23-22-14)9-12-7-5-6-8-13(12)17(20)21/h5-8,15,17H,9-11H2,1-4H3. The van der Waals surface area contributed by atoms with Gasteiger partial charge in [-0.3, -0.25) is 4.90 Å². The van der Waals surface area contributed by atoms with E-state index in [1.54, 1.807) is 43.7 Å². The molecule has 0 spiro atoms. The third-order valence-electron chi connectivity index (χ3n) is 4.43. The lowest BCUT2D eigenvalue weighted by atomic mass is 10.1. The van der Waals surface area contributed by atoms with Crippen molar-refractivity contribution in [2.24, 2.45) is 0 Å². The molecule has 2 aromatic rings. The van der Waals surface area contributed by atoms with Crippen LogP contribution in [0.5, 0.6) is 0 Å². The van der Waals surface area contributed by atoms with Gasteiger partial charge in [-0.25, -0.2) is 18.3 Å². The highest BCUT2D eigenvalue weighted by atomic mass is 19.3. The van der Waals surface area contributed by atoms with E-state index in [9.17, 15) is 13.6 Å². The summed E-state index contributed by atoms with van der Waals surface area (Å²) >= 11 is 0. The highest BCUT2D eigenvalue weighted by Gasteiger charge is 2.35. The Balaban J connectivity index is 1.86. The van der Waals surface area contributed by atoms with Crippen molar-refractivity contribution in [2.45, 2.75) is 52.0 Å². The fourth-order valence-corrected chi connectivity index (χ4v) is 3.17. The van der Waals surface area contributed by atoms with Crippen LogP contribution in [0.3, 0.4) is 0 Å². The third-order valence-corrected chi connectivity index (χ3v) is 4.43. The van der Waals surface area contributed by atoms with Crippen molar-refractivity contribution < 1.29 is 23.0 Å². The number of ether oxygens (including phenoxy) is 2. The van der Waals surface area contributed by atoms with Crippen molar-refractivity contribution in [1.82, 2.24) is 19.9 Å². The molecule has 9 heteroatoms.